The normalized spacial score (nSPS) is 13.6. The van der Waals surface area contributed by atoms with Crippen LogP contribution >= 0.6 is 0 Å². The molecule has 0 radical (unpaired) electrons. The summed E-state index contributed by atoms with van der Waals surface area (Å²) >= 11 is 0. The fourth-order valence-corrected chi connectivity index (χ4v) is 3.05. The van der Waals surface area contributed by atoms with E-state index in [9.17, 15) is 13.6 Å². The number of carbonyl (C=O) groups is 1. The number of nitrogens with zero attached hydrogens (tertiary/aromatic N) is 3. The van der Waals surface area contributed by atoms with Crippen LogP contribution in [-0.4, -0.2) is 27.1 Å². The second-order valence-corrected chi connectivity index (χ2v) is 6.32. The molecule has 0 N–H and O–H groups in total. The smallest absolute Gasteiger partial charge is 0.272 e. The summed E-state index contributed by atoms with van der Waals surface area (Å²) in [4.78, 5) is 14.3. The molecule has 0 aliphatic carbocycles. The van der Waals surface area contributed by atoms with Crippen LogP contribution < -0.4 is 4.74 Å². The number of benzene rings is 2. The Morgan fingerprint density at radius 3 is 2.59 bits per heavy atom. The highest BCUT2D eigenvalue weighted by atomic mass is 19.2. The van der Waals surface area contributed by atoms with Crippen LogP contribution in [0.15, 0.2) is 54.6 Å². The Balaban J connectivity index is 1.45. The van der Waals surface area contributed by atoms with Crippen LogP contribution in [0.25, 0.3) is 0 Å². The van der Waals surface area contributed by atoms with Crippen molar-refractivity contribution in [3.63, 3.8) is 0 Å². The predicted octanol–water partition coefficient (Wildman–Crippen LogP) is 3.40. The number of rotatable bonds is 5. The zero-order valence-electron chi connectivity index (χ0n) is 14.4. The van der Waals surface area contributed by atoms with Crippen LogP contribution in [0.2, 0.25) is 0 Å². The second kappa shape index (κ2) is 7.19. The van der Waals surface area contributed by atoms with Gasteiger partial charge in [0.2, 0.25) is 0 Å². The van der Waals surface area contributed by atoms with Gasteiger partial charge in [-0.3, -0.25) is 9.48 Å². The number of ether oxygens (including phenoxy) is 1. The third kappa shape index (κ3) is 3.67. The van der Waals surface area contributed by atoms with Gasteiger partial charge in [-0.2, -0.15) is 5.10 Å². The number of para-hydroxylation sites is 1. The van der Waals surface area contributed by atoms with Crippen molar-refractivity contribution in [2.45, 2.75) is 19.7 Å². The highest BCUT2D eigenvalue weighted by Crippen LogP contribution is 2.19. The molecule has 0 fully saturated rings. The third-order valence-electron chi connectivity index (χ3n) is 4.41. The summed E-state index contributed by atoms with van der Waals surface area (Å²) in [5.41, 5.74) is 1.68. The van der Waals surface area contributed by atoms with Gasteiger partial charge in [0.25, 0.3) is 5.91 Å². The standard InChI is InChI=1S/C20H17F2N3O2/c21-17-7-6-14(10-18(17)22)12-24-8-9-25-19(20(24)26)11-15(23-25)13-27-16-4-2-1-3-5-16/h1-7,10-11H,8-9,12-13H2. The van der Waals surface area contributed by atoms with Crippen LogP contribution in [-0.2, 0) is 19.7 Å². The van der Waals surface area contributed by atoms with Crippen molar-refractivity contribution >= 4 is 5.91 Å². The first-order valence-corrected chi connectivity index (χ1v) is 8.58. The fraction of sp³-hybridized carbons (Fsp3) is 0.200. The Morgan fingerprint density at radius 2 is 1.81 bits per heavy atom. The van der Waals surface area contributed by atoms with Crippen molar-refractivity contribution in [3.8, 4) is 5.75 Å². The summed E-state index contributed by atoms with van der Waals surface area (Å²) < 4.78 is 33.8. The van der Waals surface area contributed by atoms with E-state index in [-0.39, 0.29) is 19.1 Å². The topological polar surface area (TPSA) is 47.4 Å². The number of carbonyl (C=O) groups excluding carboxylic acids is 1. The molecule has 2 heterocycles. The molecule has 3 aromatic rings. The van der Waals surface area contributed by atoms with Crippen molar-refractivity contribution < 1.29 is 18.3 Å². The van der Waals surface area contributed by atoms with E-state index in [4.69, 9.17) is 4.74 Å². The van der Waals surface area contributed by atoms with Gasteiger partial charge in [-0.15, -0.1) is 0 Å². The average Bonchev–Trinajstić information content (AvgIpc) is 3.10. The Bertz CT molecular complexity index is 973. The number of hydrogen-bond donors (Lipinski definition) is 0. The Hall–Kier alpha value is -3.22. The van der Waals surface area contributed by atoms with Gasteiger partial charge in [-0.1, -0.05) is 24.3 Å². The van der Waals surface area contributed by atoms with Crippen LogP contribution in [0.4, 0.5) is 8.78 Å². The third-order valence-corrected chi connectivity index (χ3v) is 4.41. The van der Waals surface area contributed by atoms with Gasteiger partial charge in [-0.25, -0.2) is 8.78 Å². The van der Waals surface area contributed by atoms with Crippen molar-refractivity contribution in [2.75, 3.05) is 6.54 Å². The molecule has 4 rings (SSSR count). The van der Waals surface area contributed by atoms with Crippen molar-refractivity contribution in [2.24, 2.45) is 0 Å². The summed E-state index contributed by atoms with van der Waals surface area (Å²) in [6.07, 6.45) is 0. The monoisotopic (exact) mass is 369 g/mol. The molecule has 0 spiro atoms. The van der Waals surface area contributed by atoms with E-state index in [1.165, 1.54) is 6.07 Å². The maximum atomic E-state index is 13.4. The molecule has 0 atom stereocenters. The minimum absolute atomic E-state index is 0.190. The molecule has 0 unspecified atom stereocenters. The molecule has 138 valence electrons. The molecule has 2 aromatic carbocycles. The van der Waals surface area contributed by atoms with E-state index < -0.39 is 11.6 Å². The van der Waals surface area contributed by atoms with Crippen molar-refractivity contribution in [1.29, 1.82) is 0 Å². The van der Waals surface area contributed by atoms with E-state index in [2.05, 4.69) is 5.10 Å². The van der Waals surface area contributed by atoms with E-state index >= 15 is 0 Å². The molecule has 5 nitrogen and oxygen atoms in total. The van der Waals surface area contributed by atoms with E-state index in [1.54, 1.807) is 15.6 Å². The molecule has 1 aliphatic rings. The fourth-order valence-electron chi connectivity index (χ4n) is 3.05. The zero-order valence-corrected chi connectivity index (χ0v) is 14.4. The molecule has 1 amide bonds. The number of aromatic nitrogens is 2. The molecule has 0 bridgehead atoms. The molecule has 7 heteroatoms. The predicted molar refractivity (Wildman–Crippen MR) is 94.1 cm³/mol. The SMILES string of the molecule is O=C1c2cc(COc3ccccc3)nn2CCN1Cc1ccc(F)c(F)c1. The minimum atomic E-state index is -0.914. The zero-order chi connectivity index (χ0) is 18.8. The van der Waals surface area contributed by atoms with E-state index in [1.807, 2.05) is 30.3 Å². The second-order valence-electron chi connectivity index (χ2n) is 6.32. The maximum absolute atomic E-state index is 13.4. The molecule has 0 saturated carbocycles. The van der Waals surface area contributed by atoms with Gasteiger partial charge in [0.05, 0.1) is 6.54 Å². The van der Waals surface area contributed by atoms with Crippen molar-refractivity contribution in [3.05, 3.63) is 83.2 Å². The number of halogens is 2. The number of amides is 1. The first-order valence-electron chi connectivity index (χ1n) is 8.58. The highest BCUT2D eigenvalue weighted by molar-refractivity contribution is 5.93. The largest absolute Gasteiger partial charge is 0.487 e. The number of hydrogen-bond acceptors (Lipinski definition) is 3. The van der Waals surface area contributed by atoms with E-state index in [0.29, 0.717) is 30.0 Å². The van der Waals surface area contributed by atoms with Crippen LogP contribution in [0.1, 0.15) is 21.7 Å². The highest BCUT2D eigenvalue weighted by Gasteiger charge is 2.26. The Kier molecular flexibility index (Phi) is 4.58. The number of fused-ring (bicyclic) bond motifs is 1. The first-order chi connectivity index (χ1) is 13.1. The Morgan fingerprint density at radius 1 is 1.00 bits per heavy atom. The van der Waals surface area contributed by atoms with Gasteiger partial charge < -0.3 is 9.64 Å². The van der Waals surface area contributed by atoms with Gasteiger partial charge in [0.15, 0.2) is 11.6 Å². The van der Waals surface area contributed by atoms with Gasteiger partial charge >= 0.3 is 0 Å². The Labute approximate surface area is 154 Å². The lowest BCUT2D eigenvalue weighted by Crippen LogP contribution is -2.39. The molecule has 27 heavy (non-hydrogen) atoms. The van der Waals surface area contributed by atoms with Crippen LogP contribution in [0.5, 0.6) is 5.75 Å². The summed E-state index contributed by atoms with van der Waals surface area (Å²) in [7, 11) is 0. The quantitative estimate of drug-likeness (QED) is 0.693. The summed E-state index contributed by atoms with van der Waals surface area (Å²) in [5, 5.41) is 4.42. The summed E-state index contributed by atoms with van der Waals surface area (Å²) in [6.45, 7) is 1.47. The van der Waals surface area contributed by atoms with Gasteiger partial charge in [0.1, 0.15) is 23.7 Å². The molecular formula is C20H17F2N3O2. The van der Waals surface area contributed by atoms with Gasteiger partial charge in [-0.05, 0) is 35.9 Å². The average molecular weight is 369 g/mol. The summed E-state index contributed by atoms with van der Waals surface area (Å²) in [5.74, 6) is -1.27. The minimum Gasteiger partial charge on any atom is -0.487 e. The lowest BCUT2D eigenvalue weighted by atomic mass is 10.1. The molecule has 1 aromatic heterocycles. The lowest BCUT2D eigenvalue weighted by molar-refractivity contribution is 0.0683. The lowest BCUT2D eigenvalue weighted by Gasteiger charge is -2.27. The maximum Gasteiger partial charge on any atom is 0.272 e. The first kappa shape index (κ1) is 17.2. The van der Waals surface area contributed by atoms with Crippen LogP contribution in [0.3, 0.4) is 0 Å². The van der Waals surface area contributed by atoms with Crippen LogP contribution in [0, 0.1) is 11.6 Å². The molecular weight excluding hydrogens is 352 g/mol. The molecule has 1 aliphatic heterocycles. The van der Waals surface area contributed by atoms with Crippen molar-refractivity contribution in [1.82, 2.24) is 14.7 Å². The summed E-state index contributed by atoms with van der Waals surface area (Å²) in [6, 6.07) is 14.8. The van der Waals surface area contributed by atoms with Gasteiger partial charge in [0, 0.05) is 13.1 Å². The molecule has 0 saturated heterocycles. The van der Waals surface area contributed by atoms with E-state index in [0.717, 1.165) is 17.9 Å².